The summed E-state index contributed by atoms with van der Waals surface area (Å²) in [6, 6.07) is -1.42. The standard InChI is InChI=1S/C8H17N3O5/c1-3-8(9,10)7(14)11-5(4(2)12)6(13)16-15/h4-5,12,15H,3,9-10H2,1-2H3,(H,11,14)/t4-,5+/m1/s1. The highest BCUT2D eigenvalue weighted by Crippen LogP contribution is 2.01. The predicted octanol–water partition coefficient (Wildman–Crippen LogP) is -2.11. The number of nitrogens with two attached hydrogens (primary N) is 2. The van der Waals surface area contributed by atoms with Crippen molar-refractivity contribution in [1.29, 1.82) is 0 Å². The van der Waals surface area contributed by atoms with Gasteiger partial charge in [0.25, 0.3) is 5.91 Å². The maximum Gasteiger partial charge on any atom is 0.366 e. The minimum atomic E-state index is -1.65. The summed E-state index contributed by atoms with van der Waals surface area (Å²) in [5.74, 6) is -2.03. The number of nitrogens with one attached hydrogen (secondary N) is 1. The van der Waals surface area contributed by atoms with Crippen LogP contribution < -0.4 is 16.8 Å². The average molecular weight is 235 g/mol. The van der Waals surface area contributed by atoms with E-state index in [0.29, 0.717) is 0 Å². The van der Waals surface area contributed by atoms with E-state index in [1.807, 2.05) is 0 Å². The molecule has 0 heterocycles. The number of carbonyl (C=O) groups is 2. The number of aliphatic hydroxyl groups is 1. The van der Waals surface area contributed by atoms with Gasteiger partial charge in [0.15, 0.2) is 6.04 Å². The molecule has 8 heteroatoms. The Kier molecular flexibility index (Phi) is 5.31. The van der Waals surface area contributed by atoms with Crippen molar-refractivity contribution >= 4 is 11.9 Å². The fourth-order valence-electron chi connectivity index (χ4n) is 0.869. The monoisotopic (exact) mass is 235 g/mol. The lowest BCUT2D eigenvalue weighted by atomic mass is 10.1. The van der Waals surface area contributed by atoms with Gasteiger partial charge in [-0.1, -0.05) is 6.92 Å². The van der Waals surface area contributed by atoms with Crippen LogP contribution in [0.2, 0.25) is 0 Å². The van der Waals surface area contributed by atoms with E-state index in [9.17, 15) is 14.7 Å². The van der Waals surface area contributed by atoms with Crippen molar-refractivity contribution in [1.82, 2.24) is 5.32 Å². The zero-order valence-electron chi connectivity index (χ0n) is 9.14. The molecule has 0 aromatic heterocycles. The molecule has 0 aliphatic heterocycles. The normalized spacial score (nSPS) is 15.1. The van der Waals surface area contributed by atoms with Crippen LogP contribution in [0.3, 0.4) is 0 Å². The van der Waals surface area contributed by atoms with E-state index >= 15 is 0 Å². The summed E-state index contributed by atoms with van der Waals surface area (Å²) in [6.45, 7) is 2.82. The Morgan fingerprint density at radius 1 is 1.50 bits per heavy atom. The molecule has 2 atom stereocenters. The lowest BCUT2D eigenvalue weighted by Crippen LogP contribution is -2.64. The third-order valence-electron chi connectivity index (χ3n) is 2.12. The Bertz CT molecular complexity index is 266. The second-order valence-corrected chi connectivity index (χ2v) is 3.50. The summed E-state index contributed by atoms with van der Waals surface area (Å²) >= 11 is 0. The molecule has 0 rings (SSSR count). The smallest absolute Gasteiger partial charge is 0.366 e. The van der Waals surface area contributed by atoms with Crippen molar-refractivity contribution < 1.29 is 24.8 Å². The van der Waals surface area contributed by atoms with Gasteiger partial charge in [0.1, 0.15) is 5.66 Å². The highest BCUT2D eigenvalue weighted by Gasteiger charge is 2.34. The first-order valence-corrected chi connectivity index (χ1v) is 4.68. The number of hydrogen-bond donors (Lipinski definition) is 5. The van der Waals surface area contributed by atoms with Gasteiger partial charge in [-0.3, -0.25) is 9.68 Å². The first-order chi connectivity index (χ1) is 7.26. The molecular weight excluding hydrogens is 218 g/mol. The van der Waals surface area contributed by atoms with Crippen molar-refractivity contribution in [3.63, 3.8) is 0 Å². The largest absolute Gasteiger partial charge is 0.391 e. The number of amides is 1. The average Bonchev–Trinajstić information content (AvgIpc) is 2.23. The van der Waals surface area contributed by atoms with E-state index in [1.54, 1.807) is 6.92 Å². The topological polar surface area (TPSA) is 148 Å². The third-order valence-corrected chi connectivity index (χ3v) is 2.12. The maximum absolute atomic E-state index is 11.5. The second-order valence-electron chi connectivity index (χ2n) is 3.50. The van der Waals surface area contributed by atoms with Crippen LogP contribution in [0.25, 0.3) is 0 Å². The van der Waals surface area contributed by atoms with Gasteiger partial charge >= 0.3 is 5.97 Å². The predicted molar refractivity (Wildman–Crippen MR) is 53.7 cm³/mol. The summed E-state index contributed by atoms with van der Waals surface area (Å²) in [7, 11) is 0. The highest BCUT2D eigenvalue weighted by molar-refractivity contribution is 5.89. The molecule has 0 aliphatic rings. The SMILES string of the molecule is CCC(N)(N)C(=O)N[C@H](C(=O)OO)[C@@H](C)O. The van der Waals surface area contributed by atoms with Gasteiger partial charge in [0, 0.05) is 0 Å². The van der Waals surface area contributed by atoms with Crippen LogP contribution in [0.5, 0.6) is 0 Å². The summed E-state index contributed by atoms with van der Waals surface area (Å²) in [5.41, 5.74) is 9.19. The lowest BCUT2D eigenvalue weighted by molar-refractivity contribution is -0.238. The van der Waals surface area contributed by atoms with E-state index < -0.39 is 29.7 Å². The van der Waals surface area contributed by atoms with Gasteiger partial charge in [-0.2, -0.15) is 5.26 Å². The van der Waals surface area contributed by atoms with Crippen molar-refractivity contribution in [2.75, 3.05) is 0 Å². The molecule has 0 bridgehead atoms. The van der Waals surface area contributed by atoms with Crippen LogP contribution in [0.1, 0.15) is 20.3 Å². The summed E-state index contributed by atoms with van der Waals surface area (Å²) in [6.07, 6.45) is -1.12. The number of carbonyl (C=O) groups excluding carboxylic acids is 2. The van der Waals surface area contributed by atoms with E-state index in [2.05, 4.69) is 10.2 Å². The minimum Gasteiger partial charge on any atom is -0.391 e. The summed E-state index contributed by atoms with van der Waals surface area (Å²) in [5, 5.41) is 19.4. The molecule has 0 aromatic rings. The molecule has 0 saturated carbocycles. The Labute approximate surface area is 92.5 Å². The Morgan fingerprint density at radius 2 is 2.00 bits per heavy atom. The molecule has 0 unspecified atom stereocenters. The first-order valence-electron chi connectivity index (χ1n) is 4.68. The number of rotatable bonds is 5. The molecule has 0 spiro atoms. The lowest BCUT2D eigenvalue weighted by Gasteiger charge is -2.25. The Hall–Kier alpha value is -1.22. The Morgan fingerprint density at radius 3 is 2.31 bits per heavy atom. The minimum absolute atomic E-state index is 0.138. The van der Waals surface area contributed by atoms with Gasteiger partial charge in [0.2, 0.25) is 0 Å². The van der Waals surface area contributed by atoms with Crippen LogP contribution >= 0.6 is 0 Å². The zero-order valence-corrected chi connectivity index (χ0v) is 9.14. The quantitative estimate of drug-likeness (QED) is 0.208. The maximum atomic E-state index is 11.5. The van der Waals surface area contributed by atoms with Gasteiger partial charge in [-0.05, 0) is 13.3 Å². The molecule has 16 heavy (non-hydrogen) atoms. The van der Waals surface area contributed by atoms with E-state index in [4.69, 9.17) is 16.7 Å². The molecule has 7 N–H and O–H groups in total. The molecule has 0 aromatic carbocycles. The summed E-state index contributed by atoms with van der Waals surface area (Å²) in [4.78, 5) is 25.9. The summed E-state index contributed by atoms with van der Waals surface area (Å²) < 4.78 is 0. The molecule has 0 aliphatic carbocycles. The van der Waals surface area contributed by atoms with E-state index in [-0.39, 0.29) is 6.42 Å². The molecule has 1 amide bonds. The van der Waals surface area contributed by atoms with Crippen molar-refractivity contribution in [3.8, 4) is 0 Å². The molecule has 0 fully saturated rings. The van der Waals surface area contributed by atoms with Gasteiger partial charge in [0.05, 0.1) is 6.10 Å². The van der Waals surface area contributed by atoms with Gasteiger partial charge in [-0.25, -0.2) is 4.79 Å². The third kappa shape index (κ3) is 3.74. The fraction of sp³-hybridized carbons (Fsp3) is 0.750. The Balaban J connectivity index is 4.65. The molecular formula is C8H17N3O5. The van der Waals surface area contributed by atoms with Crippen LogP contribution in [0, 0.1) is 0 Å². The van der Waals surface area contributed by atoms with Crippen LogP contribution in [-0.2, 0) is 14.5 Å². The van der Waals surface area contributed by atoms with Crippen LogP contribution in [0.4, 0.5) is 0 Å². The number of hydrogen-bond acceptors (Lipinski definition) is 7. The van der Waals surface area contributed by atoms with Crippen LogP contribution in [0.15, 0.2) is 0 Å². The fourth-order valence-corrected chi connectivity index (χ4v) is 0.869. The number of aliphatic hydroxyl groups excluding tert-OH is 1. The molecule has 94 valence electrons. The first kappa shape index (κ1) is 14.8. The molecule has 8 nitrogen and oxygen atoms in total. The second kappa shape index (κ2) is 5.75. The van der Waals surface area contributed by atoms with Crippen LogP contribution in [-0.4, -0.2) is 40.0 Å². The van der Waals surface area contributed by atoms with Gasteiger partial charge in [-0.15, -0.1) is 0 Å². The van der Waals surface area contributed by atoms with Crippen molar-refractivity contribution in [2.45, 2.75) is 38.1 Å². The molecule has 0 radical (unpaired) electrons. The zero-order chi connectivity index (χ0) is 12.9. The van der Waals surface area contributed by atoms with Gasteiger partial charge < -0.3 is 21.9 Å². The van der Waals surface area contributed by atoms with E-state index in [0.717, 1.165) is 0 Å². The molecule has 0 saturated heterocycles. The van der Waals surface area contributed by atoms with Crippen molar-refractivity contribution in [2.24, 2.45) is 11.5 Å². The van der Waals surface area contributed by atoms with E-state index in [1.165, 1.54) is 6.92 Å². The van der Waals surface area contributed by atoms with Crippen molar-refractivity contribution in [3.05, 3.63) is 0 Å². The highest BCUT2D eigenvalue weighted by atomic mass is 17.1.